The predicted molar refractivity (Wildman–Crippen MR) is 154 cm³/mol. The summed E-state index contributed by atoms with van der Waals surface area (Å²) in [6, 6.07) is 4.11. The Morgan fingerprint density at radius 1 is 0.786 bits per heavy atom. The number of nitrogens with two attached hydrogens (primary N) is 1. The number of benzene rings is 1. The van der Waals surface area contributed by atoms with Crippen LogP contribution in [0.1, 0.15) is 81.2 Å². The van der Waals surface area contributed by atoms with Crippen LogP contribution in [0.25, 0.3) is 0 Å². The van der Waals surface area contributed by atoms with Gasteiger partial charge in [0.25, 0.3) is 0 Å². The summed E-state index contributed by atoms with van der Waals surface area (Å²) in [5.74, 6) is -1.64. The minimum Gasteiger partial charge on any atom is -0.480 e. The zero-order valence-corrected chi connectivity index (χ0v) is 26.4. The highest BCUT2D eigenvalue weighted by atomic mass is 16.7. The van der Waals surface area contributed by atoms with Crippen LogP contribution in [0, 0.1) is 16.7 Å². The van der Waals surface area contributed by atoms with Gasteiger partial charge in [-0.3, -0.25) is 4.79 Å². The van der Waals surface area contributed by atoms with Crippen molar-refractivity contribution >= 4 is 24.4 Å². The number of rotatable bonds is 12. The van der Waals surface area contributed by atoms with Gasteiger partial charge >= 0.3 is 24.4 Å². The number of ether oxygens (including phenoxy) is 6. The second kappa shape index (κ2) is 15.1. The van der Waals surface area contributed by atoms with Crippen LogP contribution in [0.5, 0.6) is 11.5 Å². The molecular weight excluding hydrogens is 550 g/mol. The first-order chi connectivity index (χ1) is 19.1. The first-order valence-corrected chi connectivity index (χ1v) is 13.8. The molecule has 1 rings (SSSR count). The van der Waals surface area contributed by atoms with Gasteiger partial charge in [0.2, 0.25) is 0 Å². The molecule has 0 saturated heterocycles. The molecule has 0 spiro atoms. The molecule has 3 atom stereocenters. The lowest BCUT2D eigenvalue weighted by Crippen LogP contribution is -2.52. The Morgan fingerprint density at radius 2 is 1.29 bits per heavy atom. The molecule has 0 aliphatic heterocycles. The molecule has 0 heterocycles. The molecule has 0 aliphatic carbocycles. The molecule has 2 unspecified atom stereocenters. The molecule has 0 amide bonds. The van der Waals surface area contributed by atoms with Crippen LogP contribution in [0.4, 0.5) is 14.4 Å². The topological polar surface area (TPSA) is 170 Å². The molecule has 42 heavy (non-hydrogen) atoms. The van der Waals surface area contributed by atoms with Crippen molar-refractivity contribution in [2.24, 2.45) is 22.5 Å². The third kappa shape index (κ3) is 13.9. The second-order valence-electron chi connectivity index (χ2n) is 13.3. The van der Waals surface area contributed by atoms with Gasteiger partial charge in [-0.05, 0) is 48.3 Å². The molecule has 0 saturated carbocycles. The Balaban J connectivity index is 3.18. The normalized spacial score (nSPS) is 14.7. The number of carboxylic acid groups (broad SMARTS) is 1. The molecule has 3 N–H and O–H groups in total. The Kier molecular flexibility index (Phi) is 13.1. The van der Waals surface area contributed by atoms with E-state index in [2.05, 4.69) is 0 Å². The van der Waals surface area contributed by atoms with Crippen LogP contribution in [0.2, 0.25) is 0 Å². The molecule has 238 valence electrons. The van der Waals surface area contributed by atoms with Crippen LogP contribution in [0.15, 0.2) is 18.2 Å². The van der Waals surface area contributed by atoms with Gasteiger partial charge < -0.3 is 39.3 Å². The highest BCUT2D eigenvalue weighted by molar-refractivity contribution is 5.79. The van der Waals surface area contributed by atoms with Crippen LogP contribution in [-0.2, 0) is 30.2 Å². The molecule has 1 aromatic rings. The van der Waals surface area contributed by atoms with Crippen LogP contribution >= 0.6 is 0 Å². The van der Waals surface area contributed by atoms with Gasteiger partial charge in [0.05, 0.1) is 13.2 Å². The largest absolute Gasteiger partial charge is 0.513 e. The van der Waals surface area contributed by atoms with Gasteiger partial charge in [-0.2, -0.15) is 0 Å². The van der Waals surface area contributed by atoms with Crippen molar-refractivity contribution in [2.75, 3.05) is 13.2 Å². The third-order valence-electron chi connectivity index (χ3n) is 5.76. The summed E-state index contributed by atoms with van der Waals surface area (Å²) in [7, 11) is 0. The molecule has 1 aromatic carbocycles. The molecule has 0 radical (unpaired) electrons. The highest BCUT2D eigenvalue weighted by Crippen LogP contribution is 2.32. The van der Waals surface area contributed by atoms with Crippen molar-refractivity contribution in [3.05, 3.63) is 23.8 Å². The number of carboxylic acids is 1. The predicted octanol–water partition coefficient (Wildman–Crippen LogP) is 6.11. The van der Waals surface area contributed by atoms with Gasteiger partial charge in [0.1, 0.15) is 17.7 Å². The van der Waals surface area contributed by atoms with Crippen molar-refractivity contribution in [2.45, 2.75) is 99.8 Å². The van der Waals surface area contributed by atoms with E-state index in [0.717, 1.165) is 0 Å². The summed E-state index contributed by atoms with van der Waals surface area (Å²) in [4.78, 5) is 49.1. The van der Waals surface area contributed by atoms with E-state index in [-0.39, 0.29) is 54.3 Å². The molecule has 0 aliphatic rings. The number of carbonyl (C=O) groups excluding carboxylic acids is 3. The van der Waals surface area contributed by atoms with E-state index >= 15 is 0 Å². The van der Waals surface area contributed by atoms with E-state index in [4.69, 9.17) is 34.2 Å². The summed E-state index contributed by atoms with van der Waals surface area (Å²) in [5.41, 5.74) is 4.07. The van der Waals surface area contributed by atoms with E-state index < -0.39 is 42.2 Å². The standard InChI is InChI=1S/C30H47NO11/c1-18(2)20(4)40-27(36)39-19(3)14-30(31,24(32)33)15-21-11-12-22(41-25(34)37-16-28(5,6)7)23(13-21)42-26(35)38-17-29(8,9)10/h11-13,18-20H,14-17,31H2,1-10H3,(H,32,33)/t19-,20?,30?/m0/s1. The lowest BCUT2D eigenvalue weighted by atomic mass is 9.86. The van der Waals surface area contributed by atoms with Gasteiger partial charge in [-0.1, -0.05) is 61.5 Å². The lowest BCUT2D eigenvalue weighted by Gasteiger charge is -2.28. The van der Waals surface area contributed by atoms with Crippen LogP contribution in [0.3, 0.4) is 0 Å². The quantitative estimate of drug-likeness (QED) is 0.161. The zero-order valence-electron chi connectivity index (χ0n) is 26.4. The maximum Gasteiger partial charge on any atom is 0.513 e. The second-order valence-corrected chi connectivity index (χ2v) is 13.3. The molecule has 0 aromatic heterocycles. The number of hydrogen-bond donors (Lipinski definition) is 2. The van der Waals surface area contributed by atoms with E-state index in [1.807, 2.05) is 55.4 Å². The molecule has 12 heteroatoms. The number of aliphatic carboxylic acids is 1. The SMILES string of the molecule is CC(C)C(C)OC(=O)O[C@@H](C)CC(N)(Cc1ccc(OC(=O)OCC(C)(C)C)c(OC(=O)OCC(C)(C)C)c1)C(=O)O. The van der Waals surface area contributed by atoms with Gasteiger partial charge in [0, 0.05) is 12.8 Å². The number of carbonyl (C=O) groups is 4. The van der Waals surface area contributed by atoms with E-state index in [1.54, 1.807) is 6.92 Å². The summed E-state index contributed by atoms with van der Waals surface area (Å²) >= 11 is 0. The summed E-state index contributed by atoms with van der Waals surface area (Å²) in [6.45, 7) is 18.3. The monoisotopic (exact) mass is 597 g/mol. The van der Waals surface area contributed by atoms with Crippen molar-refractivity contribution in [1.82, 2.24) is 0 Å². The maximum atomic E-state index is 12.4. The molecule has 0 bridgehead atoms. The first-order valence-electron chi connectivity index (χ1n) is 13.8. The van der Waals surface area contributed by atoms with Gasteiger partial charge in [0.15, 0.2) is 11.5 Å². The fourth-order valence-electron chi connectivity index (χ4n) is 3.25. The van der Waals surface area contributed by atoms with Crippen LogP contribution < -0.4 is 15.2 Å². The van der Waals surface area contributed by atoms with E-state index in [1.165, 1.54) is 25.1 Å². The van der Waals surface area contributed by atoms with E-state index in [9.17, 15) is 24.3 Å². The fourth-order valence-corrected chi connectivity index (χ4v) is 3.25. The Morgan fingerprint density at radius 3 is 1.74 bits per heavy atom. The van der Waals surface area contributed by atoms with Crippen LogP contribution in [-0.4, -0.2) is 60.5 Å². The summed E-state index contributed by atoms with van der Waals surface area (Å²) < 4.78 is 31.3. The van der Waals surface area contributed by atoms with Crippen molar-refractivity contribution < 1.29 is 52.7 Å². The summed E-state index contributed by atoms with van der Waals surface area (Å²) in [6.07, 6.45) is -4.81. The Bertz CT molecular complexity index is 1090. The lowest BCUT2D eigenvalue weighted by molar-refractivity contribution is -0.144. The van der Waals surface area contributed by atoms with Crippen molar-refractivity contribution in [3.8, 4) is 11.5 Å². The highest BCUT2D eigenvalue weighted by Gasteiger charge is 2.37. The minimum absolute atomic E-state index is 0.0521. The third-order valence-corrected chi connectivity index (χ3v) is 5.76. The van der Waals surface area contributed by atoms with E-state index in [0.29, 0.717) is 5.56 Å². The Labute approximate surface area is 248 Å². The fraction of sp³-hybridized carbons (Fsp3) is 0.667. The first kappa shape index (κ1) is 36.5. The average Bonchev–Trinajstić information content (AvgIpc) is 2.81. The summed E-state index contributed by atoms with van der Waals surface area (Å²) in [5, 5.41) is 9.97. The van der Waals surface area contributed by atoms with Crippen molar-refractivity contribution in [1.29, 1.82) is 0 Å². The smallest absolute Gasteiger partial charge is 0.480 e. The molecular formula is C30H47NO11. The molecule has 0 fully saturated rings. The minimum atomic E-state index is -1.89. The maximum absolute atomic E-state index is 12.4. The van der Waals surface area contributed by atoms with Crippen molar-refractivity contribution in [3.63, 3.8) is 0 Å². The molecule has 12 nitrogen and oxygen atoms in total. The number of hydrogen-bond acceptors (Lipinski definition) is 11. The average molecular weight is 598 g/mol. The van der Waals surface area contributed by atoms with Gasteiger partial charge in [-0.15, -0.1) is 0 Å². The van der Waals surface area contributed by atoms with Gasteiger partial charge in [-0.25, -0.2) is 14.4 Å². The Hall–Kier alpha value is -3.54. The zero-order chi connectivity index (χ0) is 32.5.